The van der Waals surface area contributed by atoms with E-state index in [2.05, 4.69) is 0 Å². The fourth-order valence-electron chi connectivity index (χ4n) is 0. The molecule has 72 valence electrons. The van der Waals surface area contributed by atoms with Gasteiger partial charge in [0.1, 0.15) is 0 Å². The Labute approximate surface area is 4090 Å². The van der Waals surface area contributed by atoms with Gasteiger partial charge in [-0.15, -0.1) is 0 Å². The molecule has 0 saturated carbocycles. The molecular weight excluding hydrogens is 8290 g/mol. The molecule has 0 aromatic rings. The average Bonchev–Trinajstić information content (AvgIpc) is 0. The molecule has 0 fully saturated rings. The Morgan fingerprint density at radius 3 is 0.0196 bits per heavy atom. The second-order valence-corrected chi connectivity index (χ2v) is 0. The maximum absolute atomic E-state index is 0. The predicted molar refractivity (Wildman–Crippen MR) is 541 cm³/mol. The average molecular weight is 8290 g/mol. The van der Waals surface area contributed by atoms with Gasteiger partial charge in [0.15, 0.2) is 0 Å². The molecule has 0 rings (SSSR count). The fourth-order valence-corrected chi connectivity index (χ4v) is 0. The van der Waals surface area contributed by atoms with E-state index < -0.39 is 0 Å². The largest absolute Gasteiger partial charge is 2.00 e. The van der Waals surface area contributed by atoms with Crippen molar-refractivity contribution in [2.75, 3.05) is 0 Å². The van der Waals surface area contributed by atoms with Gasteiger partial charge in [0.05, 0.1) is 0 Å². The van der Waals surface area contributed by atoms with Gasteiger partial charge in [-0.2, -0.15) is 0 Å². The van der Waals surface area contributed by atoms with Crippen LogP contribution in [0.25, 0.3) is 0 Å². The summed E-state index contributed by atoms with van der Waals surface area (Å²) >= 11 is 0. The topological polar surface area (TPSA) is 256 Å². The molecule has 0 unspecified atom stereocenters. The molecule has 102 heavy (non-hydrogen) atoms. The molecule has 0 bridgehead atoms. The molecule has 102 heteroatoms. The van der Waals surface area contributed by atoms with Gasteiger partial charge in [-0.25, -0.2) is 0 Å². The van der Waals surface area contributed by atoms with Gasteiger partial charge in [0, 0.05) is 0 Å². The minimum Gasteiger partial charge on any atom is -2.00 e. The Morgan fingerprint density at radius 1 is 0.0196 bits per heavy atom. The summed E-state index contributed by atoms with van der Waals surface area (Å²) in [7, 11) is 0. The third kappa shape index (κ3) is 703. The van der Waals surface area contributed by atoms with Crippen molar-refractivity contribution in [1.29, 1.82) is 0 Å². The van der Waals surface area contributed by atoms with Crippen LogP contribution in [0.2, 0.25) is 0 Å². The van der Waals surface area contributed by atoms with E-state index in [1.165, 1.54) is 0 Å². The smallest absolute Gasteiger partial charge is 2.00 e. The van der Waals surface area contributed by atoms with Crippen molar-refractivity contribution in [1.82, 2.24) is 0 Å². The molecule has 0 aliphatic rings. The minimum atomic E-state index is 0. The van der Waals surface area contributed by atoms with E-state index >= 15 is 0 Å². The monoisotopic (exact) mass is 8320 g/mol. The zero-order valence-corrected chi connectivity index (χ0v) is 393. The van der Waals surface area contributed by atoms with Crippen LogP contribution in [-0.4, -0.2) is 4230 Å². The van der Waals surface area contributed by atoms with E-state index in [0.717, 1.165) is 0 Å². The summed E-state index contributed by atoms with van der Waals surface area (Å²) in [6.45, 7) is 0. The Bertz CT molecular complexity index is 43.9. The number of hydrogen-bond donors (Lipinski definition) is 0. The van der Waals surface area contributed by atoms with E-state index in [1.807, 2.05) is 0 Å². The summed E-state index contributed by atoms with van der Waals surface area (Å²) in [5, 5.41) is 0. The van der Waals surface area contributed by atoms with Crippen molar-refractivity contribution in [3.8, 4) is 0 Å². The summed E-state index contributed by atoms with van der Waals surface area (Å²) in [5.74, 6) is 0. The van der Waals surface area contributed by atoms with Crippen LogP contribution in [-0.2, 0) is 49.3 Å². The number of rotatable bonds is 0. The SMILES string of the molecule is [O-2].[O-2].[O-2].[O-2].[O-2].[O-2].[O-2].[O-2].[O-2].[Sr+2].[Sr+2].[Sr+2].[Sr+2].[Sr+2].[Sr+2].[Sr+2].[Sr+2].[Sr+2].[Sr+2].[Sr+2].[Sr+2].[Sr+2].[Sr+2].[Sr+2].[Sr+2].[Sr+2].[Sr+2].[Sr+2].[Sr+2].[Sr+2].[Sr+2].[Sr+2].[Sr+2].[Sr+2].[Sr+2].[Sr+2].[Sr+2].[Sr+2].[Sr+2].[Sr+2].[Sr+2].[Sr+2].[Sr+2].[Sr+2].[Sr+2].[Sr+2].[Sr+2].[Sr+2].[Sr+2].[Sr+2].[Sr+2].[Sr+2].[Sr+2].[Sr+2].[Sr+2].[Sr+2].[Sr+2].[Sr+2].[Sr+2].[Sr+2].[Sr+2].[Sr+2].[Sr+2].[Sr+2].[Sr+2].[Sr+2].[Sr+2].[Sr+2].[Sr+2].[Sr+2].[Sr+2].[Sr+2].[Sr+2].[Sr+2].[Sr+2].[Sr+2].[Sr+2].[Sr+2].[Sr+2].[Sr+2].[Sr+2].[Sr+2].[Sr+2].[Sr+2].[Sr+2].[Sr+2].[Sr+2].[Sr+2].[Sr+2].[Sr+2].[Sr+2].[Sr+2].[Sr+2].[Sr+2].[Sr+2].[Sr+2].[Sr+2].[Sr+2].[Sr+2].[Sr+2].[Sr+2].[Sr+2]. The Balaban J connectivity index is 0. The van der Waals surface area contributed by atoms with E-state index in [4.69, 9.17) is 0 Å². The molecule has 0 atom stereocenters. The van der Waals surface area contributed by atoms with Crippen molar-refractivity contribution in [3.05, 3.63) is 0 Å². The zero-order chi connectivity index (χ0) is 0. The maximum atomic E-state index is 0. The van der Waals surface area contributed by atoms with Crippen LogP contribution in [0.3, 0.4) is 0 Å². The molecular formula is O9Sr93+168. The molecule has 0 radical (unpaired) electrons. The second kappa shape index (κ2) is 712. The molecule has 0 aliphatic carbocycles. The molecule has 0 aromatic heterocycles. The standard InChI is InChI=1S/9O.93Sr/q9*-2;93*+2. The van der Waals surface area contributed by atoms with Crippen LogP contribution in [0.15, 0.2) is 0 Å². The van der Waals surface area contributed by atoms with E-state index in [-0.39, 0.29) is 4280 Å². The van der Waals surface area contributed by atoms with Crippen molar-refractivity contribution < 1.29 is 49.3 Å². The summed E-state index contributed by atoms with van der Waals surface area (Å²) in [6, 6.07) is 0. The Morgan fingerprint density at radius 2 is 0.0196 bits per heavy atom. The summed E-state index contributed by atoms with van der Waals surface area (Å²) < 4.78 is 0. The molecule has 9 nitrogen and oxygen atoms in total. The summed E-state index contributed by atoms with van der Waals surface area (Å²) in [4.78, 5) is 0. The summed E-state index contributed by atoms with van der Waals surface area (Å²) in [5.41, 5.74) is 0. The van der Waals surface area contributed by atoms with E-state index in [0.29, 0.717) is 0 Å². The molecule has 0 amide bonds. The third-order valence-corrected chi connectivity index (χ3v) is 0. The van der Waals surface area contributed by atoms with Gasteiger partial charge in [-0.05, 0) is 0 Å². The van der Waals surface area contributed by atoms with Crippen LogP contribution < -0.4 is 0 Å². The third-order valence-electron chi connectivity index (χ3n) is 0. The van der Waals surface area contributed by atoms with Crippen LogP contribution in [0.5, 0.6) is 0 Å². The normalized spacial score (nSPS) is 0. The van der Waals surface area contributed by atoms with Crippen molar-refractivity contribution in [2.45, 2.75) is 0 Å². The quantitative estimate of drug-likeness (QED) is 0.205. The molecule has 0 aromatic carbocycles. The molecule has 0 spiro atoms. The van der Waals surface area contributed by atoms with Crippen molar-refractivity contribution in [2.24, 2.45) is 0 Å². The van der Waals surface area contributed by atoms with E-state index in [9.17, 15) is 0 Å². The van der Waals surface area contributed by atoms with Gasteiger partial charge >= 0.3 is 4230 Å². The summed E-state index contributed by atoms with van der Waals surface area (Å²) in [6.07, 6.45) is 0. The van der Waals surface area contributed by atoms with Crippen molar-refractivity contribution in [3.63, 3.8) is 0 Å². The zero-order valence-electron chi connectivity index (χ0n) is 69.4. The van der Waals surface area contributed by atoms with Gasteiger partial charge in [0.25, 0.3) is 0 Å². The molecule has 0 aliphatic heterocycles. The first-order valence-corrected chi connectivity index (χ1v) is 0. The second-order valence-electron chi connectivity index (χ2n) is 0. The Hall–Kier alpha value is 137. The van der Waals surface area contributed by atoms with Crippen LogP contribution >= 0.6 is 0 Å². The van der Waals surface area contributed by atoms with Crippen molar-refractivity contribution >= 4 is 4230 Å². The van der Waals surface area contributed by atoms with Gasteiger partial charge in [-0.3, -0.25) is 0 Å². The van der Waals surface area contributed by atoms with Crippen LogP contribution in [0.4, 0.5) is 0 Å². The first-order chi connectivity index (χ1) is 0. The van der Waals surface area contributed by atoms with E-state index in [1.54, 1.807) is 0 Å². The Kier molecular flexibility index (Phi) is 5030. The van der Waals surface area contributed by atoms with Gasteiger partial charge < -0.3 is 49.3 Å². The molecule has 0 N–H and O–H groups in total. The van der Waals surface area contributed by atoms with Gasteiger partial charge in [0.2, 0.25) is 0 Å². The first kappa shape index (κ1) is 721. The van der Waals surface area contributed by atoms with Crippen LogP contribution in [0, 0.1) is 0 Å². The fraction of sp³-hybridized carbons (Fsp3) is 0. The molecule has 0 heterocycles. The minimum absolute atomic E-state index is 0. The van der Waals surface area contributed by atoms with Crippen LogP contribution in [0.1, 0.15) is 0 Å². The predicted octanol–water partition coefficient (Wildman–Crippen LogP) is -36.5. The van der Waals surface area contributed by atoms with Gasteiger partial charge in [-0.1, -0.05) is 0 Å². The molecule has 0 saturated heterocycles. The maximum Gasteiger partial charge on any atom is 2.00 e. The number of hydrogen-bond acceptors (Lipinski definition) is 0. The first-order valence-electron chi connectivity index (χ1n) is 0.